The lowest BCUT2D eigenvalue weighted by atomic mass is 9.98. The summed E-state index contributed by atoms with van der Waals surface area (Å²) in [6.07, 6.45) is 0.498. The monoisotopic (exact) mass is 201 g/mol. The first-order valence-electron chi connectivity index (χ1n) is 4.15. The van der Waals surface area contributed by atoms with Gasteiger partial charge in [0.05, 0.1) is 11.8 Å². The van der Waals surface area contributed by atoms with Crippen LogP contribution in [0, 0.1) is 0 Å². The quantitative estimate of drug-likeness (QED) is 0.628. The summed E-state index contributed by atoms with van der Waals surface area (Å²) in [4.78, 5) is 23.6. The molecule has 2 atom stereocenters. The molecule has 1 unspecified atom stereocenters. The Balaban J connectivity index is 2.30. The molecule has 2 aliphatic rings. The second-order valence-corrected chi connectivity index (χ2v) is 5.75. The van der Waals surface area contributed by atoms with Gasteiger partial charge in [-0.25, -0.2) is 4.79 Å². The largest absolute Gasteiger partial charge is 0.480 e. The van der Waals surface area contributed by atoms with Gasteiger partial charge < -0.3 is 10.0 Å². The number of hydrogen-bond donors (Lipinski definition) is 1. The maximum Gasteiger partial charge on any atom is 0.327 e. The van der Waals surface area contributed by atoms with Crippen LogP contribution in [0.15, 0.2) is 0 Å². The molecule has 13 heavy (non-hydrogen) atoms. The van der Waals surface area contributed by atoms with Crippen molar-refractivity contribution in [3.63, 3.8) is 0 Å². The zero-order valence-corrected chi connectivity index (χ0v) is 8.30. The average molecular weight is 201 g/mol. The van der Waals surface area contributed by atoms with Crippen molar-refractivity contribution in [1.29, 1.82) is 0 Å². The molecule has 1 amide bonds. The van der Waals surface area contributed by atoms with Crippen molar-refractivity contribution in [2.45, 2.75) is 36.4 Å². The van der Waals surface area contributed by atoms with Crippen LogP contribution in [0.2, 0.25) is 0 Å². The average Bonchev–Trinajstić information content (AvgIpc) is 2.18. The van der Waals surface area contributed by atoms with Gasteiger partial charge in [0, 0.05) is 4.75 Å². The number of rotatable bonds is 1. The van der Waals surface area contributed by atoms with Gasteiger partial charge in [0.1, 0.15) is 6.04 Å². The standard InChI is InChI=1S/C8H11NO3S/c1-8(2)6(7(11)12)9-4(10)3-5(9)13-8/h5-6H,3H2,1-2H3,(H,11,12)/t5-,6?/m1/s1. The Labute approximate surface area is 80.3 Å². The molecule has 2 aliphatic heterocycles. The van der Waals surface area contributed by atoms with Crippen LogP contribution in [0.4, 0.5) is 0 Å². The van der Waals surface area contributed by atoms with Gasteiger partial charge in [-0.1, -0.05) is 0 Å². The summed E-state index contributed by atoms with van der Waals surface area (Å²) < 4.78 is -0.358. The van der Waals surface area contributed by atoms with Crippen LogP contribution >= 0.6 is 11.8 Å². The molecule has 2 rings (SSSR count). The van der Waals surface area contributed by atoms with Crippen molar-refractivity contribution in [3.05, 3.63) is 0 Å². The first-order chi connectivity index (χ1) is 5.93. The summed E-state index contributed by atoms with van der Waals surface area (Å²) in [5.74, 6) is -0.927. The second kappa shape index (κ2) is 2.41. The number of carboxylic acids is 1. The molecule has 0 saturated carbocycles. The van der Waals surface area contributed by atoms with Crippen LogP contribution in [0.1, 0.15) is 20.3 Å². The minimum Gasteiger partial charge on any atom is -0.480 e. The Bertz CT molecular complexity index is 289. The highest BCUT2D eigenvalue weighted by molar-refractivity contribution is 8.01. The van der Waals surface area contributed by atoms with E-state index >= 15 is 0 Å². The molecule has 72 valence electrons. The SMILES string of the molecule is CC1(C)S[C@@H]2CC(=O)N2C1C(=O)O. The Morgan fingerprint density at radius 1 is 1.69 bits per heavy atom. The van der Waals surface area contributed by atoms with Crippen molar-refractivity contribution in [2.24, 2.45) is 0 Å². The van der Waals surface area contributed by atoms with E-state index in [9.17, 15) is 9.59 Å². The lowest BCUT2D eigenvalue weighted by Crippen LogP contribution is -2.56. The number of carbonyl (C=O) groups is 2. The predicted molar refractivity (Wildman–Crippen MR) is 48.3 cm³/mol. The third kappa shape index (κ3) is 1.06. The number of nitrogens with zero attached hydrogens (tertiary/aromatic N) is 1. The molecule has 0 aromatic carbocycles. The van der Waals surface area contributed by atoms with E-state index in [-0.39, 0.29) is 16.0 Å². The fraction of sp³-hybridized carbons (Fsp3) is 0.750. The lowest BCUT2D eigenvalue weighted by molar-refractivity contribution is -0.157. The molecule has 0 radical (unpaired) electrons. The number of hydrogen-bond acceptors (Lipinski definition) is 3. The van der Waals surface area contributed by atoms with Crippen molar-refractivity contribution in [1.82, 2.24) is 4.90 Å². The molecule has 2 fully saturated rings. The van der Waals surface area contributed by atoms with Gasteiger partial charge in [-0.15, -0.1) is 11.8 Å². The van der Waals surface area contributed by atoms with Crippen LogP contribution in [0.25, 0.3) is 0 Å². The van der Waals surface area contributed by atoms with Crippen molar-refractivity contribution in [3.8, 4) is 0 Å². The molecular formula is C8H11NO3S. The summed E-state index contributed by atoms with van der Waals surface area (Å²) in [5.41, 5.74) is 0. The van der Waals surface area contributed by atoms with Crippen LogP contribution < -0.4 is 0 Å². The molecule has 0 bridgehead atoms. The van der Waals surface area contributed by atoms with E-state index in [1.54, 1.807) is 11.8 Å². The summed E-state index contributed by atoms with van der Waals surface area (Å²) >= 11 is 1.58. The van der Waals surface area contributed by atoms with E-state index in [2.05, 4.69) is 0 Å². The van der Waals surface area contributed by atoms with Crippen LogP contribution in [0.5, 0.6) is 0 Å². The van der Waals surface area contributed by atoms with Crippen molar-refractivity contribution >= 4 is 23.6 Å². The van der Waals surface area contributed by atoms with Gasteiger partial charge in [-0.3, -0.25) is 4.79 Å². The Hall–Kier alpha value is -0.710. The van der Waals surface area contributed by atoms with Crippen molar-refractivity contribution < 1.29 is 14.7 Å². The summed E-state index contributed by atoms with van der Waals surface area (Å²) in [5, 5.41) is 9.08. The molecule has 4 nitrogen and oxygen atoms in total. The number of thioether (sulfide) groups is 1. The number of amides is 1. The predicted octanol–water partition coefficient (Wildman–Crippen LogP) is 0.523. The molecule has 0 aromatic rings. The number of β-lactam (4-membered cyclic amide) rings is 1. The molecule has 0 spiro atoms. The molecule has 0 aliphatic carbocycles. The maximum atomic E-state index is 11.2. The minimum absolute atomic E-state index is 0.0320. The topological polar surface area (TPSA) is 57.6 Å². The highest BCUT2D eigenvalue weighted by Gasteiger charge is 2.58. The Kier molecular flexibility index (Phi) is 1.64. The smallest absolute Gasteiger partial charge is 0.327 e. The highest BCUT2D eigenvalue weighted by atomic mass is 32.2. The van der Waals surface area contributed by atoms with Crippen LogP contribution in [0.3, 0.4) is 0 Å². The normalized spacial score (nSPS) is 35.5. The second-order valence-electron chi connectivity index (χ2n) is 3.92. The van der Waals surface area contributed by atoms with E-state index in [0.29, 0.717) is 6.42 Å². The van der Waals surface area contributed by atoms with Crippen molar-refractivity contribution in [2.75, 3.05) is 0 Å². The molecular weight excluding hydrogens is 190 g/mol. The summed E-state index contributed by atoms with van der Waals surface area (Å²) in [6, 6.07) is -0.649. The Morgan fingerprint density at radius 3 is 2.69 bits per heavy atom. The number of carbonyl (C=O) groups excluding carboxylic acids is 1. The molecule has 2 heterocycles. The Morgan fingerprint density at radius 2 is 2.31 bits per heavy atom. The zero-order valence-electron chi connectivity index (χ0n) is 7.48. The number of fused-ring (bicyclic) bond motifs is 1. The third-order valence-electron chi connectivity index (χ3n) is 2.56. The van der Waals surface area contributed by atoms with Gasteiger partial charge in [-0.05, 0) is 13.8 Å². The summed E-state index contributed by atoms with van der Waals surface area (Å²) in [6.45, 7) is 3.75. The third-order valence-corrected chi connectivity index (χ3v) is 4.05. The maximum absolute atomic E-state index is 11.2. The minimum atomic E-state index is -0.895. The molecule has 5 heteroatoms. The fourth-order valence-electron chi connectivity index (χ4n) is 1.98. The molecule has 0 aromatic heterocycles. The van der Waals surface area contributed by atoms with Gasteiger partial charge in [-0.2, -0.15) is 0 Å². The molecule has 1 N–H and O–H groups in total. The lowest BCUT2D eigenvalue weighted by Gasteiger charge is -2.36. The van der Waals surface area contributed by atoms with E-state index in [0.717, 1.165) is 0 Å². The highest BCUT2D eigenvalue weighted by Crippen LogP contribution is 2.50. The fourth-order valence-corrected chi connectivity index (χ4v) is 3.60. The first kappa shape index (κ1) is 8.87. The van der Waals surface area contributed by atoms with Crippen LogP contribution in [-0.4, -0.2) is 38.0 Å². The summed E-state index contributed by atoms with van der Waals surface area (Å²) in [7, 11) is 0. The zero-order chi connectivity index (χ0) is 9.80. The van der Waals surface area contributed by atoms with Gasteiger partial charge in [0.2, 0.25) is 5.91 Å². The number of aliphatic carboxylic acids is 1. The van der Waals surface area contributed by atoms with Gasteiger partial charge in [0.15, 0.2) is 0 Å². The van der Waals surface area contributed by atoms with Gasteiger partial charge >= 0.3 is 5.97 Å². The van der Waals surface area contributed by atoms with Gasteiger partial charge in [0.25, 0.3) is 0 Å². The van der Waals surface area contributed by atoms with Crippen LogP contribution in [-0.2, 0) is 9.59 Å². The number of carboxylic acid groups (broad SMARTS) is 1. The molecule has 2 saturated heterocycles. The van der Waals surface area contributed by atoms with E-state index in [1.165, 1.54) is 4.90 Å². The van der Waals surface area contributed by atoms with E-state index < -0.39 is 12.0 Å². The first-order valence-corrected chi connectivity index (χ1v) is 5.03. The van der Waals surface area contributed by atoms with E-state index in [4.69, 9.17) is 5.11 Å². The van der Waals surface area contributed by atoms with E-state index in [1.807, 2.05) is 13.8 Å².